The maximum absolute atomic E-state index is 13.7. The first-order valence-corrected chi connectivity index (χ1v) is 15.3. The van der Waals surface area contributed by atoms with Crippen LogP contribution >= 0.6 is 0 Å². The number of amides is 3. The Kier molecular flexibility index (Phi) is 7.25. The van der Waals surface area contributed by atoms with Gasteiger partial charge in [0, 0.05) is 23.9 Å². The zero-order valence-corrected chi connectivity index (χ0v) is 24.5. The maximum atomic E-state index is 13.7. The SMILES string of the molecule is C=C[C@@H]1C[C@]1(NC(=O)[C@@H]1C[C@@H](Oc2nccc3ccc(C)cc23)CN1C(=O)OC(C)(C)C)C(=O)NS(=O)(=O)C1CC1. The lowest BCUT2D eigenvalue weighted by molar-refractivity contribution is -0.131. The van der Waals surface area contributed by atoms with Crippen LogP contribution in [0.25, 0.3) is 10.8 Å². The molecule has 0 unspecified atom stereocenters. The molecule has 220 valence electrons. The van der Waals surface area contributed by atoms with Crippen molar-refractivity contribution in [3.8, 4) is 5.88 Å². The van der Waals surface area contributed by atoms with Crippen LogP contribution < -0.4 is 14.8 Å². The minimum Gasteiger partial charge on any atom is -0.472 e. The van der Waals surface area contributed by atoms with Crippen LogP contribution in [0.2, 0.25) is 0 Å². The average Bonchev–Trinajstić information content (AvgIpc) is 3.80. The van der Waals surface area contributed by atoms with E-state index in [4.69, 9.17) is 9.47 Å². The first kappa shape index (κ1) is 28.8. The second kappa shape index (κ2) is 10.3. The zero-order chi connectivity index (χ0) is 29.7. The number of hydrogen-bond donors (Lipinski definition) is 2. The smallest absolute Gasteiger partial charge is 0.411 e. The van der Waals surface area contributed by atoms with E-state index in [0.717, 1.165) is 16.3 Å². The molecule has 41 heavy (non-hydrogen) atoms. The fourth-order valence-corrected chi connectivity index (χ4v) is 6.54. The summed E-state index contributed by atoms with van der Waals surface area (Å²) in [6.45, 7) is 10.9. The standard InChI is InChI=1S/C29H36N4O7S/c1-6-19-15-29(19,26(35)32-41(37,38)21-9-10-21)31-24(34)23-14-20(16-33(23)27(36)40-28(3,4)5)39-25-22-13-17(2)7-8-18(22)11-12-30-25/h6-8,11-13,19-21,23H,1,9-10,14-16H2,2-5H3,(H,31,34)(H,32,35)/t19-,20-,23+,29-/m1/s1. The van der Waals surface area contributed by atoms with Crippen molar-refractivity contribution in [2.45, 2.75) is 81.9 Å². The highest BCUT2D eigenvalue weighted by molar-refractivity contribution is 7.91. The van der Waals surface area contributed by atoms with E-state index in [9.17, 15) is 22.8 Å². The van der Waals surface area contributed by atoms with Gasteiger partial charge in [0.05, 0.1) is 11.8 Å². The van der Waals surface area contributed by atoms with E-state index in [0.29, 0.717) is 18.7 Å². The third kappa shape index (κ3) is 6.02. The number of aryl methyl sites for hydroxylation is 1. The van der Waals surface area contributed by atoms with Gasteiger partial charge in [0.25, 0.3) is 5.91 Å². The van der Waals surface area contributed by atoms with Crippen LogP contribution in [-0.2, 0) is 24.3 Å². The van der Waals surface area contributed by atoms with Crippen molar-refractivity contribution < 1.29 is 32.3 Å². The van der Waals surface area contributed by atoms with Crippen molar-refractivity contribution in [2.24, 2.45) is 5.92 Å². The van der Waals surface area contributed by atoms with Gasteiger partial charge in [0.1, 0.15) is 23.3 Å². The molecular weight excluding hydrogens is 548 g/mol. The molecule has 2 heterocycles. The molecule has 2 saturated carbocycles. The quantitative estimate of drug-likeness (QED) is 0.451. The number of nitrogens with zero attached hydrogens (tertiary/aromatic N) is 2. The monoisotopic (exact) mass is 584 g/mol. The Bertz CT molecular complexity index is 1510. The summed E-state index contributed by atoms with van der Waals surface area (Å²) in [4.78, 5) is 45.8. The zero-order valence-electron chi connectivity index (χ0n) is 23.7. The number of fused-ring (bicyclic) bond motifs is 1. The van der Waals surface area contributed by atoms with Gasteiger partial charge in [-0.2, -0.15) is 0 Å². The number of carbonyl (C=O) groups excluding carboxylic acids is 3. The molecule has 2 aromatic rings. The van der Waals surface area contributed by atoms with Crippen LogP contribution in [0.3, 0.4) is 0 Å². The molecule has 1 aromatic carbocycles. The number of carbonyl (C=O) groups is 3. The Labute approximate surface area is 239 Å². The maximum Gasteiger partial charge on any atom is 0.411 e. The molecule has 4 atom stereocenters. The molecular formula is C29H36N4O7S. The number of aromatic nitrogens is 1. The van der Waals surface area contributed by atoms with Crippen molar-refractivity contribution in [1.29, 1.82) is 0 Å². The van der Waals surface area contributed by atoms with Crippen molar-refractivity contribution in [1.82, 2.24) is 19.9 Å². The first-order chi connectivity index (χ1) is 19.2. The molecule has 2 N–H and O–H groups in total. The van der Waals surface area contributed by atoms with Crippen LogP contribution in [0, 0.1) is 12.8 Å². The number of pyridine rings is 1. The molecule has 1 aliphatic heterocycles. The molecule has 2 aliphatic carbocycles. The lowest BCUT2D eigenvalue weighted by atomic mass is 10.1. The number of nitrogens with one attached hydrogen (secondary N) is 2. The fourth-order valence-electron chi connectivity index (χ4n) is 5.18. The van der Waals surface area contributed by atoms with Crippen LogP contribution in [-0.4, -0.2) is 71.3 Å². The number of sulfonamides is 1. The number of ether oxygens (including phenoxy) is 2. The third-order valence-corrected chi connectivity index (χ3v) is 9.42. The number of rotatable bonds is 8. The summed E-state index contributed by atoms with van der Waals surface area (Å²) in [7, 11) is -3.82. The Balaban J connectivity index is 1.38. The van der Waals surface area contributed by atoms with Crippen LogP contribution in [0.15, 0.2) is 43.1 Å². The molecule has 1 aromatic heterocycles. The van der Waals surface area contributed by atoms with Gasteiger partial charge in [-0.05, 0) is 64.5 Å². The predicted octanol–water partition coefficient (Wildman–Crippen LogP) is 2.97. The molecule has 0 spiro atoms. The van der Waals surface area contributed by atoms with Gasteiger partial charge in [-0.25, -0.2) is 18.2 Å². The topological polar surface area (TPSA) is 144 Å². The van der Waals surface area contributed by atoms with Crippen LogP contribution in [0.4, 0.5) is 4.79 Å². The second-order valence-corrected chi connectivity index (χ2v) is 14.1. The van der Waals surface area contributed by atoms with Gasteiger partial charge in [-0.15, -0.1) is 6.58 Å². The number of hydrogen-bond acceptors (Lipinski definition) is 8. The third-order valence-electron chi connectivity index (χ3n) is 7.61. The van der Waals surface area contributed by atoms with Crippen LogP contribution in [0.1, 0.15) is 52.0 Å². The highest BCUT2D eigenvalue weighted by Crippen LogP contribution is 2.45. The van der Waals surface area contributed by atoms with E-state index in [2.05, 4.69) is 21.6 Å². The summed E-state index contributed by atoms with van der Waals surface area (Å²) in [5.41, 5.74) is -1.24. The largest absolute Gasteiger partial charge is 0.472 e. The van der Waals surface area contributed by atoms with E-state index in [1.165, 1.54) is 11.0 Å². The number of benzene rings is 1. The van der Waals surface area contributed by atoms with Gasteiger partial charge in [0.15, 0.2) is 0 Å². The second-order valence-electron chi connectivity index (χ2n) is 12.1. The summed E-state index contributed by atoms with van der Waals surface area (Å²) in [6.07, 6.45) is 3.17. The normalized spacial score (nSPS) is 25.9. The van der Waals surface area contributed by atoms with Gasteiger partial charge in [-0.3, -0.25) is 19.2 Å². The molecule has 3 amide bonds. The summed E-state index contributed by atoms with van der Waals surface area (Å²) in [5.74, 6) is -1.47. The van der Waals surface area contributed by atoms with E-state index in [1.54, 1.807) is 27.0 Å². The van der Waals surface area contributed by atoms with Crippen molar-refractivity contribution >= 4 is 38.7 Å². The predicted molar refractivity (Wildman–Crippen MR) is 152 cm³/mol. The van der Waals surface area contributed by atoms with Gasteiger partial charge in [-0.1, -0.05) is 23.8 Å². The van der Waals surface area contributed by atoms with E-state index < -0.39 is 62.4 Å². The summed E-state index contributed by atoms with van der Waals surface area (Å²) < 4.78 is 38.9. The highest BCUT2D eigenvalue weighted by atomic mass is 32.2. The summed E-state index contributed by atoms with van der Waals surface area (Å²) >= 11 is 0. The van der Waals surface area contributed by atoms with E-state index >= 15 is 0 Å². The Morgan fingerprint density at radius 3 is 2.56 bits per heavy atom. The Morgan fingerprint density at radius 2 is 1.93 bits per heavy atom. The molecule has 0 bridgehead atoms. The lowest BCUT2D eigenvalue weighted by Crippen LogP contribution is -2.56. The average molecular weight is 585 g/mol. The molecule has 12 heteroatoms. The minimum absolute atomic E-state index is 0.0526. The summed E-state index contributed by atoms with van der Waals surface area (Å²) in [5, 5.41) is 3.91. The molecule has 11 nitrogen and oxygen atoms in total. The first-order valence-electron chi connectivity index (χ1n) is 13.7. The van der Waals surface area contributed by atoms with E-state index in [1.807, 2.05) is 31.2 Å². The lowest BCUT2D eigenvalue weighted by Gasteiger charge is -2.29. The van der Waals surface area contributed by atoms with Gasteiger partial charge in [0.2, 0.25) is 21.8 Å². The highest BCUT2D eigenvalue weighted by Gasteiger charge is 2.62. The molecule has 3 aliphatic rings. The minimum atomic E-state index is -3.82. The van der Waals surface area contributed by atoms with Crippen molar-refractivity contribution in [3.63, 3.8) is 0 Å². The Hall–Kier alpha value is -3.67. The fraction of sp³-hybridized carbons (Fsp3) is 0.517. The van der Waals surface area contributed by atoms with Crippen LogP contribution in [0.5, 0.6) is 5.88 Å². The van der Waals surface area contributed by atoms with Gasteiger partial charge >= 0.3 is 6.09 Å². The molecule has 5 rings (SSSR count). The van der Waals surface area contributed by atoms with Crippen molar-refractivity contribution in [3.05, 3.63) is 48.7 Å². The number of likely N-dealkylation sites (tertiary alicyclic amines) is 1. The van der Waals surface area contributed by atoms with Crippen molar-refractivity contribution in [2.75, 3.05) is 6.54 Å². The van der Waals surface area contributed by atoms with E-state index in [-0.39, 0.29) is 19.4 Å². The molecule has 1 saturated heterocycles. The molecule has 3 fully saturated rings. The van der Waals surface area contributed by atoms with Gasteiger partial charge < -0.3 is 14.8 Å². The Morgan fingerprint density at radius 1 is 1.20 bits per heavy atom. The summed E-state index contributed by atoms with van der Waals surface area (Å²) in [6, 6.07) is 6.77. The molecule has 0 radical (unpaired) electrons.